The van der Waals surface area contributed by atoms with Crippen LogP contribution in [0.4, 0.5) is 49.1 Å². The molecule has 1 fully saturated rings. The number of nitrogens with zero attached hydrogens (tertiary/aromatic N) is 6. The number of phenolic OH excluding ortho intramolecular Hbond substituents is 1. The maximum absolute atomic E-state index is 13.9. The molecular formula is C89H19F6N7OS2. The average molecular weight is 1380 g/mol. The Balaban J connectivity index is 0.000000578. The number of amidine groups is 1. The van der Waals surface area contributed by atoms with E-state index in [1.54, 1.807) is 24.8 Å². The van der Waals surface area contributed by atoms with Crippen LogP contribution in [0.2, 0.25) is 0 Å². The van der Waals surface area contributed by atoms with Crippen LogP contribution in [-0.4, -0.2) is 26.7 Å². The number of alkyl halides is 6. The number of thiocarbonyl (C=S) groups is 2. The highest BCUT2D eigenvalue weighted by atomic mass is 32.1. The van der Waals surface area contributed by atoms with Gasteiger partial charge in [0.25, 0.3) is 0 Å². The summed E-state index contributed by atoms with van der Waals surface area (Å²) in [5, 5.41) is 29.2. The molecule has 0 aliphatic carbocycles. The summed E-state index contributed by atoms with van der Waals surface area (Å²) in [6, 6.07) is 14.8. The zero-order chi connectivity index (χ0) is 76.3. The van der Waals surface area contributed by atoms with Crippen LogP contribution < -0.4 is 15.1 Å². The average Bonchev–Trinajstić information content (AvgIpc) is 1.58. The number of hydrogen-bond donors (Lipinski definition) is 2. The van der Waals surface area contributed by atoms with Gasteiger partial charge in [-0.25, -0.2) is 9.84 Å². The van der Waals surface area contributed by atoms with Gasteiger partial charge in [-0.05, 0) is 140 Å². The quantitative estimate of drug-likeness (QED) is 0.117. The summed E-state index contributed by atoms with van der Waals surface area (Å²) in [6.07, 6.45) is -4.76. The van der Waals surface area contributed by atoms with Crippen LogP contribution in [0.3, 0.4) is 0 Å². The van der Waals surface area contributed by atoms with Crippen LogP contribution in [0.25, 0.3) is 4.85 Å². The third kappa shape index (κ3) is 34.0. The van der Waals surface area contributed by atoms with E-state index in [2.05, 4.69) is 364 Å². The number of halogens is 6. The molecule has 0 radical (unpaired) electrons. The van der Waals surface area contributed by atoms with Crippen LogP contribution in [0, 0.1) is 385 Å². The number of anilines is 3. The first-order chi connectivity index (χ1) is 50.9. The summed E-state index contributed by atoms with van der Waals surface area (Å²) in [5.74, 6) is 145. The molecule has 470 valence electrons. The molecule has 0 unspecified atom stereocenters. The van der Waals surface area contributed by atoms with Gasteiger partial charge in [-0.2, -0.15) is 36.9 Å². The van der Waals surface area contributed by atoms with Crippen molar-refractivity contribution in [3.05, 3.63) is 88.8 Å². The van der Waals surface area contributed by atoms with Gasteiger partial charge in [0.2, 0.25) is 0 Å². The summed E-state index contributed by atoms with van der Waals surface area (Å²) < 4.78 is 82.0. The Morgan fingerprint density at radius 2 is 0.743 bits per heavy atom. The lowest BCUT2D eigenvalue weighted by Crippen LogP contribution is -2.45. The van der Waals surface area contributed by atoms with Gasteiger partial charge in [-0.3, -0.25) is 4.90 Å². The first-order valence-electron chi connectivity index (χ1n) is 27.3. The molecule has 0 aromatic heterocycles. The number of terminal acetylenes is 1. The monoisotopic (exact) mass is 1380 g/mol. The predicted molar refractivity (Wildman–Crippen MR) is 397 cm³/mol. The molecule has 0 amide bonds. The molecular weight excluding hydrogens is 1360 g/mol. The maximum atomic E-state index is 13.9. The topological polar surface area (TPSA) is 103 Å². The number of aromatic hydroxyl groups is 1. The standard InChI is InChI=1S/C61HN.C28H18F6N6OS2/c1-2-3-4-5-6-7-8-9-10-11-12-13-14-15-16-17-18-19-20-21-22-23-24-25-26-27-28-29-30-31-32-33-34-35-36-37-38-39-40-41-42-43-44-45-46-47-48-49-50-51-52-53-54-55-56-57-58-59-60-61-62;1-26(2)23(38-24(42)37-16-5-4-15(14-35)20(12-16)27(29,30)31)39(25(43)40(26)17-6-9-19(41)10-7-17)18-8-11-22(36-3)21(13-18)28(32,33)34/h1H;4-13,41H,1-2H3,(H,37,42). The first-order valence-corrected chi connectivity index (χ1v) is 28.1. The van der Waals surface area contributed by atoms with Crippen LogP contribution in [0.15, 0.2) is 65.7 Å². The van der Waals surface area contributed by atoms with Crippen molar-refractivity contribution < 1.29 is 31.4 Å². The SMILES string of the molecule is C#CC#CC#CC#CC#CC#CC#CC#CC#CC#CC#CC#CC#CC#CC#CC#CC#CC#CC#CC#CC#CC#CC#CC#CC#CC#CC#CC#CC#CC#CC#N.[C-]#[N+]c1ccc(N2C(=S)N(c3ccc(O)cc3)C(C)(C)C2=NC(=S)Nc2ccc(C#N)c(C(F)(F)F)c2)cc1C(F)(F)F. The number of nitrogens with one attached hydrogen (secondary N) is 1. The van der Waals surface area contributed by atoms with Gasteiger partial charge >= 0.3 is 12.4 Å². The van der Waals surface area contributed by atoms with Crippen LogP contribution >= 0.6 is 24.4 Å². The van der Waals surface area contributed by atoms with Gasteiger partial charge in [0.1, 0.15) is 17.1 Å². The number of benzene rings is 3. The Labute approximate surface area is 615 Å². The molecule has 0 atom stereocenters. The number of phenols is 1. The van der Waals surface area contributed by atoms with Crippen LogP contribution in [0.5, 0.6) is 5.75 Å². The molecule has 0 spiro atoms. The van der Waals surface area contributed by atoms with E-state index in [9.17, 15) is 31.4 Å². The second-order valence-corrected chi connectivity index (χ2v) is 17.8. The molecule has 3 aromatic carbocycles. The molecule has 3 aromatic rings. The molecule has 105 heavy (non-hydrogen) atoms. The van der Waals surface area contributed by atoms with E-state index in [-0.39, 0.29) is 33.2 Å². The van der Waals surface area contributed by atoms with Gasteiger partial charge in [0, 0.05) is 319 Å². The van der Waals surface area contributed by atoms with Crippen molar-refractivity contribution >= 4 is 63.2 Å². The molecule has 0 saturated carbocycles. The molecule has 1 saturated heterocycles. The van der Waals surface area contributed by atoms with Crippen molar-refractivity contribution in [2.45, 2.75) is 31.7 Å². The predicted octanol–water partition coefficient (Wildman–Crippen LogP) is 8.28. The van der Waals surface area contributed by atoms with E-state index in [4.69, 9.17) is 48.0 Å². The number of nitriles is 2. The zero-order valence-electron chi connectivity index (χ0n) is 53.1. The first kappa shape index (κ1) is 80.8. The molecule has 4 rings (SSSR count). The maximum Gasteiger partial charge on any atom is 0.417 e. The van der Waals surface area contributed by atoms with E-state index in [0.29, 0.717) is 11.8 Å². The highest BCUT2D eigenvalue weighted by Gasteiger charge is 2.49. The minimum Gasteiger partial charge on any atom is -0.508 e. The van der Waals surface area contributed by atoms with Gasteiger partial charge in [-0.1, -0.05) is 6.07 Å². The minimum absolute atomic E-state index is 0.0106. The summed E-state index contributed by atoms with van der Waals surface area (Å²) >= 11 is 11.0. The van der Waals surface area contributed by atoms with Crippen molar-refractivity contribution in [1.29, 1.82) is 10.5 Å². The second kappa shape index (κ2) is 48.3. The van der Waals surface area contributed by atoms with Crippen molar-refractivity contribution in [2.75, 3.05) is 15.1 Å². The lowest BCUT2D eigenvalue weighted by atomic mass is 10.0. The largest absolute Gasteiger partial charge is 0.508 e. The van der Waals surface area contributed by atoms with E-state index >= 15 is 0 Å². The molecule has 1 heterocycles. The zero-order valence-corrected chi connectivity index (χ0v) is 54.7. The van der Waals surface area contributed by atoms with E-state index in [1.165, 1.54) is 47.4 Å². The fourth-order valence-electron chi connectivity index (χ4n) is 6.26. The molecule has 0 bridgehead atoms. The van der Waals surface area contributed by atoms with Gasteiger partial charge in [-0.15, -0.1) is 6.42 Å². The summed E-state index contributed by atoms with van der Waals surface area (Å²) in [6.45, 7) is 10.4. The Bertz CT molecular complexity index is 6200. The fourth-order valence-corrected chi connectivity index (χ4v) is 6.99. The van der Waals surface area contributed by atoms with E-state index < -0.39 is 40.3 Å². The minimum atomic E-state index is -4.87. The second-order valence-electron chi connectivity index (χ2n) is 17.1. The van der Waals surface area contributed by atoms with Crippen molar-refractivity contribution in [2.24, 2.45) is 4.99 Å². The van der Waals surface area contributed by atoms with E-state index in [1.807, 2.05) is 0 Å². The van der Waals surface area contributed by atoms with Crippen molar-refractivity contribution in [3.63, 3.8) is 0 Å². The molecule has 2 N–H and O–H groups in total. The summed E-state index contributed by atoms with van der Waals surface area (Å²) in [5.41, 5.74) is -4.64. The number of rotatable bonds is 3. The lowest BCUT2D eigenvalue weighted by Gasteiger charge is -2.31. The normalized spacial score (nSPS) is 8.76. The van der Waals surface area contributed by atoms with Crippen molar-refractivity contribution in [1.82, 2.24) is 0 Å². The Kier molecular flexibility index (Phi) is 37.2. The molecule has 8 nitrogen and oxygen atoms in total. The number of hydrogen-bond acceptors (Lipinski definition) is 5. The van der Waals surface area contributed by atoms with Crippen LogP contribution in [-0.2, 0) is 12.4 Å². The summed E-state index contributed by atoms with van der Waals surface area (Å²) in [4.78, 5) is 10.1. The molecule has 16 heteroatoms. The third-order valence-corrected chi connectivity index (χ3v) is 10.6. The van der Waals surface area contributed by atoms with Gasteiger partial charge in [0.15, 0.2) is 22.0 Å². The smallest absolute Gasteiger partial charge is 0.417 e. The Hall–Kier alpha value is -18.4. The van der Waals surface area contributed by atoms with Crippen LogP contribution in [0.1, 0.15) is 30.5 Å². The van der Waals surface area contributed by atoms with Crippen molar-refractivity contribution in [3.8, 4) is 374 Å². The third-order valence-electron chi connectivity index (χ3n) is 10.1. The highest BCUT2D eigenvalue weighted by Crippen LogP contribution is 2.43. The summed E-state index contributed by atoms with van der Waals surface area (Å²) in [7, 11) is 0. The van der Waals surface area contributed by atoms with E-state index in [0.717, 1.165) is 18.2 Å². The Morgan fingerprint density at radius 3 is 1.02 bits per heavy atom. The lowest BCUT2D eigenvalue weighted by molar-refractivity contribution is -0.138. The Morgan fingerprint density at radius 1 is 0.448 bits per heavy atom. The van der Waals surface area contributed by atoms with Gasteiger partial charge < -0.3 is 15.3 Å². The fraction of sp³-hybridized carbons (Fsp3) is 0.0562. The highest BCUT2D eigenvalue weighted by molar-refractivity contribution is 7.81. The molecule has 1 aliphatic heterocycles. The van der Waals surface area contributed by atoms with Gasteiger partial charge in [0.05, 0.1) is 29.3 Å². The molecule has 1 aliphatic rings. The number of aliphatic imine (C=N–C) groups is 1.